The van der Waals surface area contributed by atoms with Crippen molar-refractivity contribution in [3.63, 3.8) is 0 Å². The van der Waals surface area contributed by atoms with Crippen LogP contribution < -0.4 is 0 Å². The molecule has 0 heterocycles. The number of rotatable bonds is 4. The molecule has 0 aliphatic rings. The van der Waals surface area contributed by atoms with Gasteiger partial charge in [0.15, 0.2) is 0 Å². The van der Waals surface area contributed by atoms with E-state index in [0.29, 0.717) is 6.61 Å². The summed E-state index contributed by atoms with van der Waals surface area (Å²) in [5.41, 5.74) is 0. The fourth-order valence-corrected chi connectivity index (χ4v) is 0.512. The van der Waals surface area contributed by atoms with Gasteiger partial charge in [0.25, 0.3) is 5.08 Å². The van der Waals surface area contributed by atoms with Crippen LogP contribution in [0, 0.1) is 0 Å². The van der Waals surface area contributed by atoms with Gasteiger partial charge < -0.3 is 4.74 Å². The third-order valence-electron chi connectivity index (χ3n) is 0.920. The summed E-state index contributed by atoms with van der Waals surface area (Å²) in [6, 6.07) is 0. The van der Waals surface area contributed by atoms with E-state index in [1.807, 2.05) is 6.92 Å². The zero-order valence-electron chi connectivity index (χ0n) is 5.77. The molecule has 1 atom stereocenters. The van der Waals surface area contributed by atoms with Crippen LogP contribution in [-0.4, -0.2) is 17.7 Å². The van der Waals surface area contributed by atoms with E-state index in [1.54, 1.807) is 0 Å². The van der Waals surface area contributed by atoms with Crippen molar-refractivity contribution in [2.45, 2.75) is 24.8 Å². The average Bonchev–Trinajstić information content (AvgIpc) is 1.88. The average molecular weight is 213 g/mol. The van der Waals surface area contributed by atoms with E-state index in [4.69, 9.17) is 0 Å². The number of alkyl halides is 2. The van der Waals surface area contributed by atoms with E-state index < -0.39 is 11.1 Å². The van der Waals surface area contributed by atoms with Crippen molar-refractivity contribution in [1.82, 2.24) is 0 Å². The lowest BCUT2D eigenvalue weighted by atomic mass is 10.4. The second-order valence-electron chi connectivity index (χ2n) is 1.82. The predicted octanol–water partition coefficient (Wildman–Crippen LogP) is 2.02. The lowest BCUT2D eigenvalue weighted by Crippen LogP contribution is -2.13. The van der Waals surface area contributed by atoms with E-state index in [0.717, 1.165) is 12.8 Å². The number of unbranched alkanes of at least 4 members (excludes halogenated alkanes) is 1. The molecule has 0 aromatic heterocycles. The molecule has 0 saturated carbocycles. The normalized spacial score (nSPS) is 12.7. The fraction of sp³-hybridized carbons (Fsp3) is 0.833. The van der Waals surface area contributed by atoms with Crippen LogP contribution in [0.5, 0.6) is 0 Å². The van der Waals surface area contributed by atoms with Gasteiger partial charge in [-0.15, -0.1) is 0 Å². The number of carbonyl (C=O) groups excluding carboxylic acids is 1. The first-order chi connectivity index (χ1) is 4.68. The van der Waals surface area contributed by atoms with E-state index in [9.17, 15) is 9.18 Å². The molecule has 2 nitrogen and oxygen atoms in total. The van der Waals surface area contributed by atoms with Gasteiger partial charge in [0, 0.05) is 0 Å². The largest absolute Gasteiger partial charge is 0.463 e. The van der Waals surface area contributed by atoms with Crippen LogP contribution in [0.1, 0.15) is 19.8 Å². The third-order valence-corrected chi connectivity index (χ3v) is 1.29. The number of carbonyl (C=O) groups is 1. The van der Waals surface area contributed by atoms with Crippen molar-refractivity contribution in [2.75, 3.05) is 6.61 Å². The molecule has 0 aromatic carbocycles. The molecular formula is C6H10BrFO2. The van der Waals surface area contributed by atoms with Gasteiger partial charge in [-0.25, -0.2) is 9.18 Å². The van der Waals surface area contributed by atoms with Gasteiger partial charge in [0.05, 0.1) is 6.61 Å². The molecule has 0 aliphatic heterocycles. The molecule has 60 valence electrons. The quantitative estimate of drug-likeness (QED) is 0.405. The summed E-state index contributed by atoms with van der Waals surface area (Å²) >= 11 is 2.45. The van der Waals surface area contributed by atoms with Gasteiger partial charge in [-0.2, -0.15) is 0 Å². The molecule has 10 heavy (non-hydrogen) atoms. The molecule has 1 unspecified atom stereocenters. The third kappa shape index (κ3) is 4.73. The summed E-state index contributed by atoms with van der Waals surface area (Å²) in [4.78, 5) is 10.4. The molecule has 0 amide bonds. The Morgan fingerprint density at radius 1 is 1.80 bits per heavy atom. The topological polar surface area (TPSA) is 26.3 Å². The first kappa shape index (κ1) is 9.88. The van der Waals surface area contributed by atoms with Gasteiger partial charge >= 0.3 is 5.97 Å². The number of esters is 1. The van der Waals surface area contributed by atoms with Crippen molar-refractivity contribution in [3.8, 4) is 0 Å². The summed E-state index contributed by atoms with van der Waals surface area (Å²) in [6.45, 7) is 2.27. The van der Waals surface area contributed by atoms with Crippen LogP contribution in [0.4, 0.5) is 4.39 Å². The summed E-state index contributed by atoms with van der Waals surface area (Å²) in [5, 5.41) is -1.68. The van der Waals surface area contributed by atoms with Crippen molar-refractivity contribution >= 4 is 21.9 Å². The Hall–Kier alpha value is -0.120. The van der Waals surface area contributed by atoms with Gasteiger partial charge in [0.2, 0.25) is 0 Å². The van der Waals surface area contributed by atoms with Crippen molar-refractivity contribution in [3.05, 3.63) is 0 Å². The van der Waals surface area contributed by atoms with Gasteiger partial charge in [-0.1, -0.05) is 13.3 Å². The van der Waals surface area contributed by atoms with E-state index in [2.05, 4.69) is 20.7 Å². The molecule has 0 N–H and O–H groups in total. The maximum Gasteiger partial charge on any atom is 0.351 e. The smallest absolute Gasteiger partial charge is 0.351 e. The highest BCUT2D eigenvalue weighted by Gasteiger charge is 2.12. The minimum absolute atomic E-state index is 0.307. The van der Waals surface area contributed by atoms with Crippen molar-refractivity contribution in [1.29, 1.82) is 0 Å². The van der Waals surface area contributed by atoms with Crippen LogP contribution in [0.3, 0.4) is 0 Å². The second-order valence-corrected chi connectivity index (χ2v) is 2.63. The van der Waals surface area contributed by atoms with Crippen LogP contribution in [0.25, 0.3) is 0 Å². The van der Waals surface area contributed by atoms with E-state index in [1.165, 1.54) is 0 Å². The maximum atomic E-state index is 12.0. The van der Waals surface area contributed by atoms with Crippen molar-refractivity contribution in [2.24, 2.45) is 0 Å². The Balaban J connectivity index is 3.22. The first-order valence-corrected chi connectivity index (χ1v) is 4.04. The highest BCUT2D eigenvalue weighted by Crippen LogP contribution is 2.03. The fourth-order valence-electron chi connectivity index (χ4n) is 0.380. The molecule has 4 heteroatoms. The molecule has 0 aromatic rings. The summed E-state index contributed by atoms with van der Waals surface area (Å²) < 4.78 is 16.4. The molecule has 0 radical (unpaired) electrons. The zero-order valence-corrected chi connectivity index (χ0v) is 7.36. The minimum Gasteiger partial charge on any atom is -0.463 e. The summed E-state index contributed by atoms with van der Waals surface area (Å²) in [5.74, 6) is -0.839. The highest BCUT2D eigenvalue weighted by atomic mass is 79.9. The lowest BCUT2D eigenvalue weighted by molar-refractivity contribution is -0.145. The van der Waals surface area contributed by atoms with Crippen molar-refractivity contribution < 1.29 is 13.9 Å². The number of halogens is 2. The van der Waals surface area contributed by atoms with Gasteiger partial charge in [-0.3, -0.25) is 0 Å². The predicted molar refractivity (Wildman–Crippen MR) is 39.7 cm³/mol. The zero-order chi connectivity index (χ0) is 7.98. The number of hydrogen-bond acceptors (Lipinski definition) is 2. The van der Waals surface area contributed by atoms with Gasteiger partial charge in [0.1, 0.15) is 0 Å². The number of ether oxygens (including phenoxy) is 1. The first-order valence-electron chi connectivity index (χ1n) is 3.13. The number of hydrogen-bond donors (Lipinski definition) is 0. The summed E-state index contributed by atoms with van der Waals surface area (Å²) in [7, 11) is 0. The summed E-state index contributed by atoms with van der Waals surface area (Å²) in [6.07, 6.45) is 1.72. The van der Waals surface area contributed by atoms with Crippen LogP contribution >= 0.6 is 15.9 Å². The Labute approximate surface area is 67.9 Å². The second kappa shape index (κ2) is 5.65. The Morgan fingerprint density at radius 2 is 2.40 bits per heavy atom. The van der Waals surface area contributed by atoms with Crippen LogP contribution in [0.2, 0.25) is 0 Å². The van der Waals surface area contributed by atoms with E-state index in [-0.39, 0.29) is 0 Å². The molecule has 0 spiro atoms. The Morgan fingerprint density at radius 3 is 2.80 bits per heavy atom. The standard InChI is InChI=1S/C6H10BrFO2/c1-2-3-4-10-6(9)5(7)8/h5H,2-4H2,1H3. The van der Waals surface area contributed by atoms with Gasteiger partial charge in [-0.05, 0) is 22.4 Å². The highest BCUT2D eigenvalue weighted by molar-refractivity contribution is 9.09. The minimum atomic E-state index is -1.68. The maximum absolute atomic E-state index is 12.0. The molecule has 0 saturated heterocycles. The molecule has 0 fully saturated rings. The molecule has 0 aliphatic carbocycles. The lowest BCUT2D eigenvalue weighted by Gasteiger charge is -2.01. The molecule has 0 rings (SSSR count). The SMILES string of the molecule is CCCCOC(=O)C(F)Br. The van der Waals surface area contributed by atoms with Crippen LogP contribution in [0.15, 0.2) is 0 Å². The van der Waals surface area contributed by atoms with Crippen LogP contribution in [-0.2, 0) is 9.53 Å². The molecular weight excluding hydrogens is 203 g/mol. The monoisotopic (exact) mass is 212 g/mol. The molecule has 0 bridgehead atoms. The Kier molecular flexibility index (Phi) is 5.58. The van der Waals surface area contributed by atoms with E-state index >= 15 is 0 Å². The Bertz CT molecular complexity index is 106.